The summed E-state index contributed by atoms with van der Waals surface area (Å²) in [4.78, 5) is 0. The molecule has 20 heavy (non-hydrogen) atoms. The van der Waals surface area contributed by atoms with Gasteiger partial charge in [-0.2, -0.15) is 0 Å². The Morgan fingerprint density at radius 3 is 2.35 bits per heavy atom. The molecule has 0 radical (unpaired) electrons. The van der Waals surface area contributed by atoms with Crippen LogP contribution in [-0.2, 0) is 6.42 Å². The van der Waals surface area contributed by atoms with E-state index in [9.17, 15) is 4.39 Å². The zero-order valence-corrected chi connectivity index (χ0v) is 13.9. The number of hydrogen-bond acceptors (Lipinski definition) is 1. The smallest absolute Gasteiger partial charge is 0.137 e. The number of likely N-dealkylation sites (N-methyl/N-ethyl adjacent to an activating group) is 1. The quantitative estimate of drug-likeness (QED) is 0.753. The summed E-state index contributed by atoms with van der Waals surface area (Å²) in [5, 5.41) is 4.39. The Bertz CT molecular complexity index is 599. The fraction of sp³-hybridized carbons (Fsp3) is 0.200. The first-order chi connectivity index (χ1) is 9.54. The molecule has 0 aliphatic carbocycles. The molecule has 0 saturated heterocycles. The number of benzene rings is 2. The van der Waals surface area contributed by atoms with E-state index in [0.29, 0.717) is 20.9 Å². The summed E-state index contributed by atoms with van der Waals surface area (Å²) in [7, 11) is 1.83. The lowest BCUT2D eigenvalue weighted by Gasteiger charge is -2.20. The Hall–Kier alpha value is -0.610. The van der Waals surface area contributed by atoms with Crippen molar-refractivity contribution in [3.8, 4) is 0 Å². The molecule has 1 nitrogen and oxygen atoms in total. The normalized spacial score (nSPS) is 12.4. The minimum absolute atomic E-state index is 0.0886. The van der Waals surface area contributed by atoms with Crippen LogP contribution in [0.1, 0.15) is 17.2 Å². The molecule has 1 N–H and O–H groups in total. The molecule has 0 spiro atoms. The molecule has 0 bridgehead atoms. The average Bonchev–Trinajstić information content (AvgIpc) is 2.42. The van der Waals surface area contributed by atoms with Crippen LogP contribution in [0.2, 0.25) is 10.0 Å². The van der Waals surface area contributed by atoms with E-state index in [1.165, 1.54) is 6.07 Å². The van der Waals surface area contributed by atoms with Crippen molar-refractivity contribution in [2.24, 2.45) is 0 Å². The van der Waals surface area contributed by atoms with Crippen molar-refractivity contribution in [1.29, 1.82) is 0 Å². The second-order valence-corrected chi connectivity index (χ2v) is 6.00. The fourth-order valence-electron chi connectivity index (χ4n) is 2.12. The molecule has 2 aromatic rings. The molecule has 1 unspecified atom stereocenters. The van der Waals surface area contributed by atoms with Crippen LogP contribution in [0.4, 0.5) is 4.39 Å². The van der Waals surface area contributed by atoms with Crippen molar-refractivity contribution in [2.45, 2.75) is 12.5 Å². The van der Waals surface area contributed by atoms with Gasteiger partial charge in [0.05, 0.1) is 4.47 Å². The van der Waals surface area contributed by atoms with Crippen LogP contribution >= 0.6 is 39.1 Å². The van der Waals surface area contributed by atoms with E-state index >= 15 is 0 Å². The maximum Gasteiger partial charge on any atom is 0.137 e. The van der Waals surface area contributed by atoms with Gasteiger partial charge in [-0.1, -0.05) is 41.4 Å². The van der Waals surface area contributed by atoms with Crippen molar-refractivity contribution in [2.75, 3.05) is 7.05 Å². The average molecular weight is 377 g/mol. The van der Waals surface area contributed by atoms with E-state index < -0.39 is 0 Å². The van der Waals surface area contributed by atoms with Gasteiger partial charge in [0.25, 0.3) is 0 Å². The van der Waals surface area contributed by atoms with Gasteiger partial charge in [-0.15, -0.1) is 0 Å². The second-order valence-electron chi connectivity index (χ2n) is 4.39. The van der Waals surface area contributed by atoms with Crippen molar-refractivity contribution < 1.29 is 4.39 Å². The van der Waals surface area contributed by atoms with Gasteiger partial charge in [0, 0.05) is 21.7 Å². The van der Waals surface area contributed by atoms with Gasteiger partial charge in [-0.05, 0) is 53.2 Å². The summed E-state index contributed by atoms with van der Waals surface area (Å²) in [5.74, 6) is -0.275. The van der Waals surface area contributed by atoms with Crippen molar-refractivity contribution in [3.63, 3.8) is 0 Å². The Kier molecular flexibility index (Phi) is 5.44. The molecule has 2 aromatic carbocycles. The zero-order chi connectivity index (χ0) is 14.7. The molecule has 5 heteroatoms. The van der Waals surface area contributed by atoms with Gasteiger partial charge in [0.15, 0.2) is 0 Å². The van der Waals surface area contributed by atoms with Crippen molar-refractivity contribution in [3.05, 3.63) is 67.9 Å². The van der Waals surface area contributed by atoms with E-state index in [2.05, 4.69) is 21.2 Å². The predicted octanol–water partition coefficient (Wildman–Crippen LogP) is 5.40. The first-order valence-corrected chi connectivity index (χ1v) is 7.63. The molecule has 0 aliphatic rings. The molecule has 106 valence electrons. The zero-order valence-electron chi connectivity index (χ0n) is 10.8. The van der Waals surface area contributed by atoms with Crippen LogP contribution in [0.25, 0.3) is 0 Å². The third kappa shape index (κ3) is 3.34. The summed E-state index contributed by atoms with van der Waals surface area (Å²) < 4.78 is 14.1. The summed E-state index contributed by atoms with van der Waals surface area (Å²) >= 11 is 15.7. The van der Waals surface area contributed by atoms with Crippen molar-refractivity contribution >= 4 is 39.1 Å². The van der Waals surface area contributed by atoms with Gasteiger partial charge >= 0.3 is 0 Å². The first kappa shape index (κ1) is 15.8. The number of nitrogens with one attached hydrogen (secondary N) is 1. The van der Waals surface area contributed by atoms with Crippen LogP contribution in [0.5, 0.6) is 0 Å². The third-order valence-corrected chi connectivity index (χ3v) is 4.70. The fourth-order valence-corrected chi connectivity index (χ4v) is 3.21. The summed E-state index contributed by atoms with van der Waals surface area (Å²) in [6, 6.07) is 10.3. The largest absolute Gasteiger partial charge is 0.313 e. The monoisotopic (exact) mass is 375 g/mol. The lowest BCUT2D eigenvalue weighted by atomic mass is 9.98. The summed E-state index contributed by atoms with van der Waals surface area (Å²) in [6.45, 7) is 0. The standard InChI is InChI=1S/C15H13BrCl2FN/c1-20-13(14-10(17)5-3-6-11(14)18)8-9-4-2-7-12(19)15(9)16/h2-7,13,20H,8H2,1H3. The Balaban J connectivity index is 2.37. The molecule has 1 atom stereocenters. The van der Waals surface area contributed by atoms with Gasteiger partial charge in [-0.25, -0.2) is 4.39 Å². The highest BCUT2D eigenvalue weighted by Crippen LogP contribution is 2.33. The topological polar surface area (TPSA) is 12.0 Å². The van der Waals surface area contributed by atoms with Crippen LogP contribution in [0.15, 0.2) is 40.9 Å². The molecule has 0 aromatic heterocycles. The van der Waals surface area contributed by atoms with Crippen LogP contribution in [0, 0.1) is 5.82 Å². The van der Waals surface area contributed by atoms with Gasteiger partial charge in [-0.3, -0.25) is 0 Å². The Labute approximate surface area is 136 Å². The third-order valence-electron chi connectivity index (χ3n) is 3.15. The SMILES string of the molecule is CNC(Cc1cccc(F)c1Br)c1c(Cl)cccc1Cl. The predicted molar refractivity (Wildman–Crippen MR) is 86.1 cm³/mol. The Morgan fingerprint density at radius 1 is 1.15 bits per heavy atom. The number of rotatable bonds is 4. The molecule has 0 aliphatic heterocycles. The molecule has 0 heterocycles. The lowest BCUT2D eigenvalue weighted by molar-refractivity contribution is 0.580. The van der Waals surface area contributed by atoms with Crippen LogP contribution < -0.4 is 5.32 Å². The molecular weight excluding hydrogens is 364 g/mol. The van der Waals surface area contributed by atoms with E-state index in [0.717, 1.165) is 11.1 Å². The minimum Gasteiger partial charge on any atom is -0.313 e. The molecule has 0 amide bonds. The second kappa shape index (κ2) is 6.90. The van der Waals surface area contributed by atoms with Gasteiger partial charge < -0.3 is 5.32 Å². The Morgan fingerprint density at radius 2 is 1.75 bits per heavy atom. The minimum atomic E-state index is -0.275. The molecule has 2 rings (SSSR count). The van der Waals surface area contributed by atoms with Gasteiger partial charge in [0.1, 0.15) is 5.82 Å². The number of halogens is 4. The number of hydrogen-bond donors (Lipinski definition) is 1. The highest BCUT2D eigenvalue weighted by Gasteiger charge is 2.18. The highest BCUT2D eigenvalue weighted by molar-refractivity contribution is 9.10. The summed E-state index contributed by atoms with van der Waals surface area (Å²) in [5.41, 5.74) is 1.69. The van der Waals surface area contributed by atoms with E-state index in [-0.39, 0.29) is 11.9 Å². The maximum atomic E-state index is 13.6. The maximum absolute atomic E-state index is 13.6. The first-order valence-electron chi connectivity index (χ1n) is 6.08. The summed E-state index contributed by atoms with van der Waals surface area (Å²) in [6.07, 6.45) is 0.582. The van der Waals surface area contributed by atoms with Crippen LogP contribution in [0.3, 0.4) is 0 Å². The van der Waals surface area contributed by atoms with E-state index in [1.54, 1.807) is 24.3 Å². The highest BCUT2D eigenvalue weighted by atomic mass is 79.9. The molecular formula is C15H13BrCl2FN. The van der Waals surface area contributed by atoms with E-state index in [1.807, 2.05) is 13.1 Å². The van der Waals surface area contributed by atoms with Gasteiger partial charge in [0.2, 0.25) is 0 Å². The van der Waals surface area contributed by atoms with Crippen LogP contribution in [-0.4, -0.2) is 7.05 Å². The molecule has 0 saturated carbocycles. The molecule has 0 fully saturated rings. The lowest BCUT2D eigenvalue weighted by Crippen LogP contribution is -2.20. The van der Waals surface area contributed by atoms with E-state index in [4.69, 9.17) is 23.2 Å². The van der Waals surface area contributed by atoms with Crippen molar-refractivity contribution in [1.82, 2.24) is 5.32 Å².